The molecule has 10 rings (SSSR count). The van der Waals surface area contributed by atoms with Gasteiger partial charge in [0, 0.05) is 46.4 Å². The Morgan fingerprint density at radius 2 is 1.29 bits per heavy atom. The predicted molar refractivity (Wildman–Crippen MR) is 200 cm³/mol. The van der Waals surface area contributed by atoms with Crippen molar-refractivity contribution in [1.82, 2.24) is 14.0 Å². The largest absolute Gasteiger partial charge is 0.316 e. The number of allylic oxidation sites excluding steroid dienone is 3. The Morgan fingerprint density at radius 3 is 2.21 bits per heavy atom. The summed E-state index contributed by atoms with van der Waals surface area (Å²) in [5, 5.41) is 6.13. The minimum atomic E-state index is 0.730. The van der Waals surface area contributed by atoms with E-state index in [1.807, 2.05) is 0 Å². The number of benzene rings is 6. The summed E-state index contributed by atoms with van der Waals surface area (Å²) < 4.78 is 4.65. The maximum atomic E-state index is 5.35. The molecule has 0 fully saturated rings. The quantitative estimate of drug-likeness (QED) is 0.194. The number of para-hydroxylation sites is 2. The molecule has 0 atom stereocenters. The first-order valence-corrected chi connectivity index (χ1v) is 16.4. The molecule has 226 valence electrons. The van der Waals surface area contributed by atoms with Gasteiger partial charge in [0.1, 0.15) is 0 Å². The molecular weight excluding hydrogens is 585 g/mol. The second-order valence-electron chi connectivity index (χ2n) is 12.4. The normalized spacial score (nSPS) is 14.4. The molecular formula is C44H30N4. The fourth-order valence-electron chi connectivity index (χ4n) is 7.69. The standard InChI is InChI=1S/C44H30N4/c1-2-15-31(16-3-1)46-28-26-38-41(46)25-24-37-36-20-8-9-23-42(36)48(43(37)38)44-45-29-39(40-22-10-11-27-47(40)44)35-19-7-6-18-34(35)33-21-12-14-30-13-4-5-17-32(30)33/h1-26,28-29H,27H2. The fourth-order valence-corrected chi connectivity index (χ4v) is 7.69. The molecule has 0 saturated heterocycles. The molecule has 48 heavy (non-hydrogen) atoms. The van der Waals surface area contributed by atoms with Crippen molar-refractivity contribution in [3.05, 3.63) is 181 Å². The number of hydrogen-bond donors (Lipinski definition) is 0. The molecule has 0 aliphatic carbocycles. The van der Waals surface area contributed by atoms with E-state index in [0.29, 0.717) is 0 Å². The summed E-state index contributed by atoms with van der Waals surface area (Å²) in [7, 11) is 0. The molecule has 2 aliphatic rings. The molecule has 4 heterocycles. The van der Waals surface area contributed by atoms with E-state index >= 15 is 0 Å². The summed E-state index contributed by atoms with van der Waals surface area (Å²) in [6, 6.07) is 50.0. The van der Waals surface area contributed by atoms with Crippen LogP contribution in [-0.2, 0) is 0 Å². The third-order valence-electron chi connectivity index (χ3n) is 9.83. The lowest BCUT2D eigenvalue weighted by atomic mass is 9.89. The van der Waals surface area contributed by atoms with Gasteiger partial charge in [-0.05, 0) is 63.9 Å². The minimum absolute atomic E-state index is 0.730. The van der Waals surface area contributed by atoms with E-state index in [0.717, 1.165) is 35.0 Å². The monoisotopic (exact) mass is 614 g/mol. The molecule has 4 nitrogen and oxygen atoms in total. The summed E-state index contributed by atoms with van der Waals surface area (Å²) in [4.78, 5) is 7.71. The van der Waals surface area contributed by atoms with Crippen LogP contribution < -0.4 is 0 Å². The number of nitrogens with zero attached hydrogens (tertiary/aromatic N) is 4. The SMILES string of the molecule is C1=CCN2C(=C1)C(c1ccccc1-c1cccc3ccccc13)=CN=C2n1c2ccccc2c2ccc3c(ccn3-c3ccccc3)c21. The van der Waals surface area contributed by atoms with Crippen LogP contribution in [0.25, 0.3) is 65.9 Å². The first-order valence-electron chi connectivity index (χ1n) is 16.4. The number of fused-ring (bicyclic) bond motifs is 7. The number of hydrogen-bond acceptors (Lipinski definition) is 2. The van der Waals surface area contributed by atoms with Crippen LogP contribution in [0, 0.1) is 0 Å². The van der Waals surface area contributed by atoms with Crippen LogP contribution in [0.4, 0.5) is 0 Å². The van der Waals surface area contributed by atoms with E-state index in [-0.39, 0.29) is 0 Å². The van der Waals surface area contributed by atoms with Gasteiger partial charge >= 0.3 is 0 Å². The van der Waals surface area contributed by atoms with Crippen LogP contribution in [0.2, 0.25) is 0 Å². The maximum absolute atomic E-state index is 5.35. The van der Waals surface area contributed by atoms with E-state index in [2.05, 4.69) is 184 Å². The van der Waals surface area contributed by atoms with Crippen LogP contribution in [0.15, 0.2) is 181 Å². The van der Waals surface area contributed by atoms with Gasteiger partial charge in [-0.25, -0.2) is 4.99 Å². The highest BCUT2D eigenvalue weighted by Crippen LogP contribution is 2.41. The lowest BCUT2D eigenvalue weighted by Crippen LogP contribution is -2.38. The van der Waals surface area contributed by atoms with Gasteiger partial charge in [-0.1, -0.05) is 121 Å². The minimum Gasteiger partial charge on any atom is -0.316 e. The molecule has 2 aromatic heterocycles. The Morgan fingerprint density at radius 1 is 0.542 bits per heavy atom. The van der Waals surface area contributed by atoms with Gasteiger partial charge in [0.05, 0.1) is 22.2 Å². The Bertz CT molecular complexity index is 2690. The Kier molecular flexibility index (Phi) is 5.90. The predicted octanol–water partition coefficient (Wildman–Crippen LogP) is 10.6. The lowest BCUT2D eigenvalue weighted by Gasteiger charge is -2.34. The van der Waals surface area contributed by atoms with Gasteiger partial charge in [-0.15, -0.1) is 0 Å². The molecule has 2 aliphatic heterocycles. The molecule has 0 saturated carbocycles. The highest BCUT2D eigenvalue weighted by molar-refractivity contribution is 6.22. The van der Waals surface area contributed by atoms with E-state index in [1.54, 1.807) is 0 Å². The zero-order valence-electron chi connectivity index (χ0n) is 26.2. The van der Waals surface area contributed by atoms with Crippen LogP contribution in [0.3, 0.4) is 0 Å². The molecule has 0 spiro atoms. The molecule has 4 heteroatoms. The molecule has 0 amide bonds. The molecule has 6 aromatic carbocycles. The van der Waals surface area contributed by atoms with Gasteiger partial charge in [-0.3, -0.25) is 4.57 Å². The summed E-state index contributed by atoms with van der Waals surface area (Å²) in [5.74, 6) is 0.906. The van der Waals surface area contributed by atoms with Crippen molar-refractivity contribution < 1.29 is 0 Å². The molecule has 8 aromatic rings. The third-order valence-corrected chi connectivity index (χ3v) is 9.83. The van der Waals surface area contributed by atoms with Crippen molar-refractivity contribution in [1.29, 1.82) is 0 Å². The van der Waals surface area contributed by atoms with Gasteiger partial charge < -0.3 is 9.47 Å². The summed E-state index contributed by atoms with van der Waals surface area (Å²) in [6.07, 6.45) is 10.9. The molecule has 0 radical (unpaired) electrons. The molecule has 0 N–H and O–H groups in total. The average molecular weight is 615 g/mol. The fraction of sp³-hybridized carbons (Fsp3) is 0.0227. The topological polar surface area (TPSA) is 25.5 Å². The van der Waals surface area contributed by atoms with Crippen LogP contribution in [-0.4, -0.2) is 26.5 Å². The number of rotatable bonds is 3. The Balaban J connectivity index is 1.22. The number of aromatic nitrogens is 2. The van der Waals surface area contributed by atoms with Crippen LogP contribution in [0.5, 0.6) is 0 Å². The van der Waals surface area contributed by atoms with E-state index in [1.165, 1.54) is 54.7 Å². The van der Waals surface area contributed by atoms with Crippen molar-refractivity contribution in [3.63, 3.8) is 0 Å². The van der Waals surface area contributed by atoms with Crippen molar-refractivity contribution in [2.45, 2.75) is 0 Å². The van der Waals surface area contributed by atoms with Crippen molar-refractivity contribution in [2.75, 3.05) is 6.54 Å². The van der Waals surface area contributed by atoms with Crippen molar-refractivity contribution >= 4 is 55.0 Å². The Labute approximate surface area is 278 Å². The maximum Gasteiger partial charge on any atom is 0.215 e. The third kappa shape index (κ3) is 3.93. The lowest BCUT2D eigenvalue weighted by molar-refractivity contribution is 0.562. The van der Waals surface area contributed by atoms with Gasteiger partial charge in [0.2, 0.25) is 5.96 Å². The first-order chi connectivity index (χ1) is 23.8. The zero-order valence-corrected chi connectivity index (χ0v) is 26.2. The van der Waals surface area contributed by atoms with Crippen LogP contribution >= 0.6 is 0 Å². The smallest absolute Gasteiger partial charge is 0.215 e. The van der Waals surface area contributed by atoms with Gasteiger partial charge in [0.25, 0.3) is 0 Å². The van der Waals surface area contributed by atoms with E-state index in [9.17, 15) is 0 Å². The van der Waals surface area contributed by atoms with Crippen LogP contribution in [0.1, 0.15) is 5.56 Å². The average Bonchev–Trinajstić information content (AvgIpc) is 3.74. The first kappa shape index (κ1) is 26.8. The molecule has 0 unspecified atom stereocenters. The van der Waals surface area contributed by atoms with E-state index in [4.69, 9.17) is 4.99 Å². The molecule has 0 bridgehead atoms. The highest BCUT2D eigenvalue weighted by atomic mass is 15.3. The number of aliphatic imine (C=N–C) groups is 1. The van der Waals surface area contributed by atoms with Crippen molar-refractivity contribution in [2.24, 2.45) is 4.99 Å². The summed E-state index contributed by atoms with van der Waals surface area (Å²) in [5.41, 5.74) is 10.5. The summed E-state index contributed by atoms with van der Waals surface area (Å²) >= 11 is 0. The Hall–Kier alpha value is -6.39. The highest BCUT2D eigenvalue weighted by Gasteiger charge is 2.29. The zero-order chi connectivity index (χ0) is 31.6. The second-order valence-corrected chi connectivity index (χ2v) is 12.4. The second kappa shape index (κ2) is 10.6. The van der Waals surface area contributed by atoms with E-state index < -0.39 is 0 Å². The van der Waals surface area contributed by atoms with Crippen molar-refractivity contribution in [3.8, 4) is 16.8 Å². The van der Waals surface area contributed by atoms with Gasteiger partial charge in [0.15, 0.2) is 0 Å². The summed E-state index contributed by atoms with van der Waals surface area (Å²) in [6.45, 7) is 0.730. The van der Waals surface area contributed by atoms with Gasteiger partial charge in [-0.2, -0.15) is 0 Å².